The van der Waals surface area contributed by atoms with E-state index < -0.39 is 0 Å². The molecular formula is C17H13Cl2N3O2S2. The Hall–Kier alpha value is -1.80. The molecule has 0 aliphatic carbocycles. The molecule has 1 aromatic heterocycles. The maximum Gasteiger partial charge on any atom is 0.264 e. The Bertz CT molecular complexity index is 891. The summed E-state index contributed by atoms with van der Waals surface area (Å²) >= 11 is 14.7. The van der Waals surface area contributed by atoms with E-state index in [1.807, 2.05) is 18.2 Å². The van der Waals surface area contributed by atoms with Gasteiger partial charge < -0.3 is 4.74 Å². The highest BCUT2D eigenvalue weighted by molar-refractivity contribution is 8.00. The lowest BCUT2D eigenvalue weighted by atomic mass is 10.2. The number of nitrogens with one attached hydrogen (secondary N) is 1. The van der Waals surface area contributed by atoms with Crippen LogP contribution in [0, 0.1) is 0 Å². The molecule has 0 bridgehead atoms. The Balaban J connectivity index is 1.48. The summed E-state index contributed by atoms with van der Waals surface area (Å²) in [6.07, 6.45) is 0. The molecule has 0 fully saturated rings. The molecule has 0 aliphatic rings. The van der Waals surface area contributed by atoms with Gasteiger partial charge in [-0.15, -0.1) is 10.2 Å². The number of hydrogen-bond donors (Lipinski definition) is 1. The van der Waals surface area contributed by atoms with Gasteiger partial charge in [0, 0.05) is 10.8 Å². The van der Waals surface area contributed by atoms with E-state index in [2.05, 4.69) is 27.6 Å². The first-order valence-corrected chi connectivity index (χ1v) is 10.0. The van der Waals surface area contributed by atoms with E-state index in [1.54, 1.807) is 30.0 Å². The zero-order valence-corrected chi connectivity index (χ0v) is 16.5. The molecule has 5 nitrogen and oxygen atoms in total. The number of anilines is 1. The third-order valence-corrected chi connectivity index (χ3v) is 5.68. The zero-order valence-electron chi connectivity index (χ0n) is 13.3. The van der Waals surface area contributed by atoms with Gasteiger partial charge in [0.2, 0.25) is 5.13 Å². The van der Waals surface area contributed by atoms with Crippen LogP contribution in [-0.4, -0.2) is 22.7 Å². The van der Waals surface area contributed by atoms with E-state index in [1.165, 1.54) is 16.9 Å². The Morgan fingerprint density at radius 2 is 1.96 bits per heavy atom. The van der Waals surface area contributed by atoms with Crippen LogP contribution in [0.4, 0.5) is 5.13 Å². The van der Waals surface area contributed by atoms with Gasteiger partial charge in [0.05, 0.1) is 5.02 Å². The Morgan fingerprint density at radius 3 is 2.73 bits per heavy atom. The minimum atomic E-state index is -0.341. The summed E-state index contributed by atoms with van der Waals surface area (Å²) in [5.74, 6) is 0.844. The monoisotopic (exact) mass is 425 g/mol. The van der Waals surface area contributed by atoms with Gasteiger partial charge in [-0.05, 0) is 23.8 Å². The Labute approximate surface area is 168 Å². The van der Waals surface area contributed by atoms with Crippen LogP contribution in [0.1, 0.15) is 5.56 Å². The number of nitrogens with zero attached hydrogens (tertiary/aromatic N) is 2. The number of carbonyl (C=O) groups excluding carboxylic acids is 1. The van der Waals surface area contributed by atoms with Crippen molar-refractivity contribution in [2.75, 3.05) is 11.9 Å². The first-order chi connectivity index (χ1) is 12.6. The van der Waals surface area contributed by atoms with Crippen LogP contribution in [0.2, 0.25) is 10.0 Å². The molecule has 26 heavy (non-hydrogen) atoms. The topological polar surface area (TPSA) is 64.1 Å². The standard InChI is InChI=1S/C17H13Cl2N3O2S2/c18-12-6-7-14(13(19)8-12)24-9-15(23)20-16-21-22-17(26-16)25-10-11-4-2-1-3-5-11/h1-8H,9-10H2,(H,20,21,23). The van der Waals surface area contributed by atoms with Crippen molar-refractivity contribution in [1.29, 1.82) is 0 Å². The number of thioether (sulfide) groups is 1. The van der Waals surface area contributed by atoms with Gasteiger partial charge in [0.15, 0.2) is 10.9 Å². The summed E-state index contributed by atoms with van der Waals surface area (Å²) in [4.78, 5) is 12.0. The molecule has 1 heterocycles. The van der Waals surface area contributed by atoms with Crippen LogP contribution in [-0.2, 0) is 10.5 Å². The molecule has 9 heteroatoms. The molecule has 1 amide bonds. The van der Waals surface area contributed by atoms with Crippen molar-refractivity contribution in [3.63, 3.8) is 0 Å². The molecule has 0 atom stereocenters. The van der Waals surface area contributed by atoms with Gasteiger partial charge in [-0.25, -0.2) is 0 Å². The zero-order chi connectivity index (χ0) is 18.4. The summed E-state index contributed by atoms with van der Waals surface area (Å²) in [6.45, 7) is -0.187. The van der Waals surface area contributed by atoms with Crippen molar-refractivity contribution in [2.45, 2.75) is 10.1 Å². The number of halogens is 2. The highest BCUT2D eigenvalue weighted by Crippen LogP contribution is 2.29. The van der Waals surface area contributed by atoms with E-state index in [4.69, 9.17) is 27.9 Å². The highest BCUT2D eigenvalue weighted by atomic mass is 35.5. The largest absolute Gasteiger partial charge is 0.482 e. The molecule has 0 spiro atoms. The second-order valence-electron chi connectivity index (χ2n) is 5.06. The lowest BCUT2D eigenvalue weighted by Crippen LogP contribution is -2.20. The predicted molar refractivity (Wildman–Crippen MR) is 106 cm³/mol. The summed E-state index contributed by atoms with van der Waals surface area (Å²) in [5.41, 5.74) is 1.20. The first-order valence-electron chi connectivity index (χ1n) is 7.48. The van der Waals surface area contributed by atoms with Crippen molar-refractivity contribution < 1.29 is 9.53 Å². The van der Waals surface area contributed by atoms with Crippen molar-refractivity contribution in [1.82, 2.24) is 10.2 Å². The van der Waals surface area contributed by atoms with Crippen molar-refractivity contribution in [3.05, 3.63) is 64.1 Å². The number of benzene rings is 2. The van der Waals surface area contributed by atoms with Crippen LogP contribution in [0.3, 0.4) is 0 Å². The van der Waals surface area contributed by atoms with Crippen LogP contribution in [0.15, 0.2) is 52.9 Å². The SMILES string of the molecule is O=C(COc1ccc(Cl)cc1Cl)Nc1nnc(SCc2ccccc2)s1. The number of aromatic nitrogens is 2. The first kappa shape index (κ1) is 19.0. The minimum Gasteiger partial charge on any atom is -0.482 e. The molecule has 2 aromatic carbocycles. The molecule has 134 valence electrons. The van der Waals surface area contributed by atoms with Gasteiger partial charge in [-0.1, -0.05) is 76.6 Å². The minimum absolute atomic E-state index is 0.187. The molecule has 0 radical (unpaired) electrons. The van der Waals surface area contributed by atoms with Gasteiger partial charge in [0.25, 0.3) is 5.91 Å². The normalized spacial score (nSPS) is 10.5. The van der Waals surface area contributed by atoms with Crippen LogP contribution < -0.4 is 10.1 Å². The summed E-state index contributed by atoms with van der Waals surface area (Å²) in [7, 11) is 0. The number of carbonyl (C=O) groups is 1. The van der Waals surface area contributed by atoms with Crippen molar-refractivity contribution in [2.24, 2.45) is 0 Å². The molecule has 3 rings (SSSR count). The van der Waals surface area contributed by atoms with Gasteiger partial charge in [0.1, 0.15) is 5.75 Å². The Morgan fingerprint density at radius 1 is 1.15 bits per heavy atom. The van der Waals surface area contributed by atoms with Crippen LogP contribution in [0.25, 0.3) is 0 Å². The average Bonchev–Trinajstić information content (AvgIpc) is 3.07. The smallest absolute Gasteiger partial charge is 0.264 e. The van der Waals surface area contributed by atoms with Gasteiger partial charge in [-0.3, -0.25) is 10.1 Å². The Kier molecular flexibility index (Phi) is 6.73. The predicted octanol–water partition coefficient (Wildman–Crippen LogP) is 5.15. The van der Waals surface area contributed by atoms with Gasteiger partial charge >= 0.3 is 0 Å². The summed E-state index contributed by atoms with van der Waals surface area (Å²) < 4.78 is 6.17. The fraction of sp³-hybridized carbons (Fsp3) is 0.118. The molecule has 0 saturated carbocycles. The molecule has 1 N–H and O–H groups in total. The lowest BCUT2D eigenvalue weighted by Gasteiger charge is -2.07. The van der Waals surface area contributed by atoms with E-state index >= 15 is 0 Å². The summed E-state index contributed by atoms with van der Waals surface area (Å²) in [6, 6.07) is 14.9. The highest BCUT2D eigenvalue weighted by Gasteiger charge is 2.11. The fourth-order valence-electron chi connectivity index (χ4n) is 1.93. The van der Waals surface area contributed by atoms with Crippen LogP contribution in [0.5, 0.6) is 5.75 Å². The molecule has 0 aliphatic heterocycles. The molecule has 0 unspecified atom stereocenters. The van der Waals surface area contributed by atoms with E-state index in [0.29, 0.717) is 20.9 Å². The van der Waals surface area contributed by atoms with E-state index in [9.17, 15) is 4.79 Å². The third kappa shape index (κ3) is 5.60. The lowest BCUT2D eigenvalue weighted by molar-refractivity contribution is -0.118. The maximum atomic E-state index is 12.0. The van der Waals surface area contributed by atoms with Crippen LogP contribution >= 0.6 is 46.3 Å². The number of rotatable bonds is 7. The number of amides is 1. The maximum absolute atomic E-state index is 12.0. The number of hydrogen-bond acceptors (Lipinski definition) is 6. The number of ether oxygens (including phenoxy) is 1. The fourth-order valence-corrected chi connectivity index (χ4v) is 4.12. The van der Waals surface area contributed by atoms with Crippen molar-refractivity contribution in [3.8, 4) is 5.75 Å². The quantitative estimate of drug-likeness (QED) is 0.418. The summed E-state index contributed by atoms with van der Waals surface area (Å²) in [5, 5.41) is 12.0. The van der Waals surface area contributed by atoms with E-state index in [-0.39, 0.29) is 12.5 Å². The van der Waals surface area contributed by atoms with E-state index in [0.717, 1.165) is 10.1 Å². The van der Waals surface area contributed by atoms with Gasteiger partial charge in [-0.2, -0.15) is 0 Å². The third-order valence-electron chi connectivity index (χ3n) is 3.11. The molecule has 0 saturated heterocycles. The second kappa shape index (κ2) is 9.23. The molecule has 3 aromatic rings. The average molecular weight is 426 g/mol. The second-order valence-corrected chi connectivity index (χ2v) is 8.10. The molecular weight excluding hydrogens is 413 g/mol. The van der Waals surface area contributed by atoms with Crippen molar-refractivity contribution >= 4 is 57.3 Å².